The number of hydrogen-bond acceptors (Lipinski definition) is 3. The maximum Gasteiger partial charge on any atom is 0.249 e. The summed E-state index contributed by atoms with van der Waals surface area (Å²) < 4.78 is 42.8. The molecule has 7 heteroatoms. The fourth-order valence-corrected chi connectivity index (χ4v) is 4.79. The summed E-state index contributed by atoms with van der Waals surface area (Å²) in [4.78, 5) is 31.0. The SMILES string of the molecule is O=C(C[C@H]1CC(F)(F)C[C@]2(CCN(c3cccc(F)c3)C2=O)C1)c1ccccn1. The molecule has 0 bridgehead atoms. The van der Waals surface area contributed by atoms with Crippen molar-refractivity contribution in [1.82, 2.24) is 4.98 Å². The molecular formula is C22H21F3N2O2. The molecule has 2 fully saturated rings. The zero-order valence-corrected chi connectivity index (χ0v) is 15.8. The summed E-state index contributed by atoms with van der Waals surface area (Å²) in [6.45, 7) is 0.263. The van der Waals surface area contributed by atoms with E-state index in [4.69, 9.17) is 0 Å². The first-order valence-electron chi connectivity index (χ1n) is 9.68. The fourth-order valence-electron chi connectivity index (χ4n) is 4.79. The van der Waals surface area contributed by atoms with Crippen molar-refractivity contribution in [3.63, 3.8) is 0 Å². The van der Waals surface area contributed by atoms with E-state index < -0.39 is 41.8 Å². The third-order valence-corrected chi connectivity index (χ3v) is 5.92. The zero-order chi connectivity index (χ0) is 20.6. The number of Topliss-reactive ketones (excluding diaryl/α,β-unsaturated/α-hetero) is 1. The molecule has 2 aliphatic rings. The number of carbonyl (C=O) groups is 2. The molecule has 1 spiro atoms. The van der Waals surface area contributed by atoms with Crippen LogP contribution in [0.1, 0.15) is 42.6 Å². The largest absolute Gasteiger partial charge is 0.312 e. The highest BCUT2D eigenvalue weighted by atomic mass is 19.3. The molecule has 29 heavy (non-hydrogen) atoms. The lowest BCUT2D eigenvalue weighted by Crippen LogP contribution is -2.45. The summed E-state index contributed by atoms with van der Waals surface area (Å²) in [7, 11) is 0. The predicted octanol–water partition coefficient (Wildman–Crippen LogP) is 4.65. The number of nitrogens with zero attached hydrogens (tertiary/aromatic N) is 2. The number of aromatic nitrogens is 1. The molecule has 2 aromatic rings. The standard InChI is InChI=1S/C22H21F3N2O2/c23-16-4-3-5-17(11-16)27-9-7-21(20(27)29)12-15(13-22(24,25)14-21)10-19(28)18-6-1-2-8-26-18/h1-6,8,11,15H,7,9-10,12-14H2/t15-,21+/m1/s1. The Balaban J connectivity index is 1.55. The number of anilines is 1. The molecule has 4 rings (SSSR count). The zero-order valence-electron chi connectivity index (χ0n) is 15.8. The van der Waals surface area contributed by atoms with Gasteiger partial charge in [-0.05, 0) is 49.1 Å². The molecule has 0 unspecified atom stereocenters. The van der Waals surface area contributed by atoms with E-state index in [-0.39, 0.29) is 37.3 Å². The first-order valence-corrected chi connectivity index (χ1v) is 9.68. The predicted molar refractivity (Wildman–Crippen MR) is 101 cm³/mol. The minimum atomic E-state index is -3.03. The van der Waals surface area contributed by atoms with E-state index in [1.165, 1.54) is 29.3 Å². The highest BCUT2D eigenvalue weighted by Crippen LogP contribution is 2.53. The normalized spacial score (nSPS) is 26.1. The summed E-state index contributed by atoms with van der Waals surface area (Å²) in [6.07, 6.45) is 0.973. The van der Waals surface area contributed by atoms with Crippen LogP contribution in [0.5, 0.6) is 0 Å². The molecule has 0 N–H and O–H groups in total. The average molecular weight is 402 g/mol. The van der Waals surface area contributed by atoms with Gasteiger partial charge in [0.05, 0.1) is 5.41 Å². The Labute approximate surface area is 166 Å². The first kappa shape index (κ1) is 19.6. The van der Waals surface area contributed by atoms with Crippen LogP contribution in [0.2, 0.25) is 0 Å². The molecule has 1 saturated heterocycles. The topological polar surface area (TPSA) is 50.3 Å². The quantitative estimate of drug-likeness (QED) is 0.700. The lowest BCUT2D eigenvalue weighted by atomic mass is 9.66. The van der Waals surface area contributed by atoms with Gasteiger partial charge in [-0.3, -0.25) is 14.6 Å². The van der Waals surface area contributed by atoms with E-state index >= 15 is 0 Å². The third kappa shape index (κ3) is 3.91. The second-order valence-electron chi connectivity index (χ2n) is 8.12. The molecule has 0 radical (unpaired) electrons. The summed E-state index contributed by atoms with van der Waals surface area (Å²) >= 11 is 0. The molecular weight excluding hydrogens is 381 g/mol. The Kier molecular flexibility index (Phi) is 4.92. The van der Waals surface area contributed by atoms with Crippen molar-refractivity contribution in [2.24, 2.45) is 11.3 Å². The fraction of sp³-hybridized carbons (Fsp3) is 0.409. The number of halogens is 3. The van der Waals surface area contributed by atoms with Crippen LogP contribution in [0.25, 0.3) is 0 Å². The third-order valence-electron chi connectivity index (χ3n) is 5.92. The van der Waals surface area contributed by atoms with Crippen molar-refractivity contribution in [3.8, 4) is 0 Å². The smallest absolute Gasteiger partial charge is 0.249 e. The summed E-state index contributed by atoms with van der Waals surface area (Å²) in [5.74, 6) is -4.82. The number of hydrogen-bond donors (Lipinski definition) is 0. The molecule has 2 heterocycles. The highest BCUT2D eigenvalue weighted by molar-refractivity contribution is 6.00. The molecule has 1 amide bonds. The maximum absolute atomic E-state index is 14.6. The van der Waals surface area contributed by atoms with E-state index in [0.29, 0.717) is 5.69 Å². The van der Waals surface area contributed by atoms with Crippen LogP contribution in [0.3, 0.4) is 0 Å². The van der Waals surface area contributed by atoms with Gasteiger partial charge >= 0.3 is 0 Å². The lowest BCUT2D eigenvalue weighted by molar-refractivity contribution is -0.143. The van der Waals surface area contributed by atoms with Gasteiger partial charge in [-0.1, -0.05) is 12.1 Å². The highest BCUT2D eigenvalue weighted by Gasteiger charge is 2.57. The Morgan fingerprint density at radius 3 is 2.72 bits per heavy atom. The van der Waals surface area contributed by atoms with Crippen LogP contribution in [0.4, 0.5) is 18.9 Å². The number of benzene rings is 1. The molecule has 1 aromatic carbocycles. The molecule has 1 aliphatic carbocycles. The van der Waals surface area contributed by atoms with Gasteiger partial charge in [0.2, 0.25) is 11.8 Å². The summed E-state index contributed by atoms with van der Waals surface area (Å²) in [6, 6.07) is 10.5. The number of alkyl halides is 2. The van der Waals surface area contributed by atoms with Gasteiger partial charge in [0.15, 0.2) is 5.78 Å². The van der Waals surface area contributed by atoms with Crippen LogP contribution in [0.15, 0.2) is 48.7 Å². The number of amides is 1. The van der Waals surface area contributed by atoms with Crippen molar-refractivity contribution in [2.75, 3.05) is 11.4 Å². The minimum absolute atomic E-state index is 0.0679. The van der Waals surface area contributed by atoms with Gasteiger partial charge in [0.25, 0.3) is 0 Å². The van der Waals surface area contributed by atoms with Crippen LogP contribution < -0.4 is 4.90 Å². The van der Waals surface area contributed by atoms with Crippen molar-refractivity contribution >= 4 is 17.4 Å². The number of ketones is 1. The van der Waals surface area contributed by atoms with E-state index in [2.05, 4.69) is 4.98 Å². The second kappa shape index (κ2) is 7.28. The van der Waals surface area contributed by atoms with Crippen molar-refractivity contribution < 1.29 is 22.8 Å². The van der Waals surface area contributed by atoms with Gasteiger partial charge < -0.3 is 4.90 Å². The van der Waals surface area contributed by atoms with Gasteiger partial charge in [-0.2, -0.15) is 0 Å². The molecule has 1 aliphatic heterocycles. The van der Waals surface area contributed by atoms with Gasteiger partial charge in [0.1, 0.15) is 11.5 Å². The Bertz CT molecular complexity index is 935. The van der Waals surface area contributed by atoms with Gasteiger partial charge in [0, 0.05) is 37.7 Å². The van der Waals surface area contributed by atoms with Crippen molar-refractivity contribution in [2.45, 2.75) is 38.0 Å². The minimum Gasteiger partial charge on any atom is -0.312 e. The molecule has 2 atom stereocenters. The summed E-state index contributed by atoms with van der Waals surface area (Å²) in [5.41, 5.74) is -0.597. The second-order valence-corrected chi connectivity index (χ2v) is 8.12. The van der Waals surface area contributed by atoms with Crippen LogP contribution in [-0.4, -0.2) is 29.1 Å². The van der Waals surface area contributed by atoms with Crippen LogP contribution >= 0.6 is 0 Å². The van der Waals surface area contributed by atoms with E-state index in [1.807, 2.05) is 0 Å². The van der Waals surface area contributed by atoms with Gasteiger partial charge in [-0.25, -0.2) is 13.2 Å². The van der Waals surface area contributed by atoms with E-state index in [9.17, 15) is 22.8 Å². The summed E-state index contributed by atoms with van der Waals surface area (Å²) in [5, 5.41) is 0. The molecule has 4 nitrogen and oxygen atoms in total. The molecule has 1 aromatic heterocycles. The van der Waals surface area contributed by atoms with E-state index in [0.717, 1.165) is 0 Å². The lowest BCUT2D eigenvalue weighted by Gasteiger charge is -2.40. The number of carbonyl (C=O) groups excluding carboxylic acids is 2. The number of rotatable bonds is 4. The van der Waals surface area contributed by atoms with Crippen molar-refractivity contribution in [1.29, 1.82) is 0 Å². The van der Waals surface area contributed by atoms with Crippen LogP contribution in [0, 0.1) is 17.2 Å². The maximum atomic E-state index is 14.6. The Morgan fingerprint density at radius 1 is 1.17 bits per heavy atom. The molecule has 152 valence electrons. The Hall–Kier alpha value is -2.70. The van der Waals surface area contributed by atoms with E-state index in [1.54, 1.807) is 24.3 Å². The van der Waals surface area contributed by atoms with Crippen LogP contribution in [-0.2, 0) is 4.79 Å². The van der Waals surface area contributed by atoms with Gasteiger partial charge in [-0.15, -0.1) is 0 Å². The first-order chi connectivity index (χ1) is 13.8. The Morgan fingerprint density at radius 2 is 2.00 bits per heavy atom. The monoisotopic (exact) mass is 402 g/mol. The van der Waals surface area contributed by atoms with Crippen molar-refractivity contribution in [3.05, 3.63) is 60.2 Å². The average Bonchev–Trinajstić information content (AvgIpc) is 2.96. The molecule has 1 saturated carbocycles. The number of pyridine rings is 1.